The third-order valence-electron chi connectivity index (χ3n) is 3.60. The first-order valence-corrected chi connectivity index (χ1v) is 7.13. The molecule has 0 saturated carbocycles. The Bertz CT molecular complexity index is 609. The number of halogens is 1. The number of aliphatic hydroxyl groups is 1. The van der Waals surface area contributed by atoms with Crippen molar-refractivity contribution >= 4 is 28.4 Å². The van der Waals surface area contributed by atoms with Gasteiger partial charge >= 0.3 is 0 Å². The molecule has 2 unspecified atom stereocenters. The molecule has 2 aromatic rings. The van der Waals surface area contributed by atoms with E-state index in [4.69, 9.17) is 11.6 Å². The first-order valence-electron chi connectivity index (χ1n) is 6.75. The summed E-state index contributed by atoms with van der Waals surface area (Å²) >= 11 is 5.91. The summed E-state index contributed by atoms with van der Waals surface area (Å²) in [5.74, 6) is -0.0588. The van der Waals surface area contributed by atoms with Gasteiger partial charge in [-0.25, -0.2) is 0 Å². The van der Waals surface area contributed by atoms with Crippen LogP contribution in [0, 0.1) is 5.92 Å². The average molecular weight is 295 g/mol. The normalized spacial score (nSPS) is 14.2. The van der Waals surface area contributed by atoms with Crippen LogP contribution in [-0.2, 0) is 0 Å². The van der Waals surface area contributed by atoms with Crippen LogP contribution in [0.25, 0.3) is 10.9 Å². The predicted molar refractivity (Wildman–Crippen MR) is 81.1 cm³/mol. The van der Waals surface area contributed by atoms with Crippen LogP contribution in [0.3, 0.4) is 0 Å². The number of hydrogen-bond acceptors (Lipinski definition) is 2. The number of H-pyrrole nitrogens is 1. The summed E-state index contributed by atoms with van der Waals surface area (Å²) in [4.78, 5) is 15.1. The Morgan fingerprint density at radius 2 is 2.20 bits per heavy atom. The van der Waals surface area contributed by atoms with Crippen molar-refractivity contribution < 1.29 is 9.90 Å². The number of carbonyl (C=O) groups excluding carboxylic acids is 1. The van der Waals surface area contributed by atoms with Crippen LogP contribution in [-0.4, -0.2) is 28.6 Å². The maximum Gasteiger partial charge on any atom is 0.267 e. The van der Waals surface area contributed by atoms with Gasteiger partial charge in [0.2, 0.25) is 0 Å². The van der Waals surface area contributed by atoms with E-state index in [-0.39, 0.29) is 18.4 Å². The van der Waals surface area contributed by atoms with E-state index in [1.54, 1.807) is 18.2 Å². The lowest BCUT2D eigenvalue weighted by atomic mass is 10.0. The lowest BCUT2D eigenvalue weighted by Gasteiger charge is -2.17. The molecule has 5 heteroatoms. The SMILES string of the molecule is CCC(C)C(O)CNC(=O)c1cc2cc(Cl)ccc2[nH]1. The molecule has 0 aliphatic rings. The van der Waals surface area contributed by atoms with Gasteiger partial charge in [-0.3, -0.25) is 4.79 Å². The number of carbonyl (C=O) groups is 1. The number of nitrogens with one attached hydrogen (secondary N) is 2. The van der Waals surface area contributed by atoms with Crippen molar-refractivity contribution in [2.24, 2.45) is 5.92 Å². The van der Waals surface area contributed by atoms with E-state index in [9.17, 15) is 9.90 Å². The second kappa shape index (κ2) is 6.29. The van der Waals surface area contributed by atoms with Crippen LogP contribution >= 0.6 is 11.6 Å². The summed E-state index contributed by atoms with van der Waals surface area (Å²) in [7, 11) is 0. The lowest BCUT2D eigenvalue weighted by molar-refractivity contribution is 0.0846. The van der Waals surface area contributed by atoms with Gasteiger partial charge < -0.3 is 15.4 Å². The number of rotatable bonds is 5. The van der Waals surface area contributed by atoms with Crippen LogP contribution in [0.2, 0.25) is 5.02 Å². The molecule has 0 fully saturated rings. The predicted octanol–water partition coefficient (Wildman–Crippen LogP) is 2.96. The molecule has 2 rings (SSSR count). The third kappa shape index (κ3) is 3.32. The van der Waals surface area contributed by atoms with Crippen molar-refractivity contribution in [2.45, 2.75) is 26.4 Å². The summed E-state index contributed by atoms with van der Waals surface area (Å²) in [5.41, 5.74) is 1.33. The van der Waals surface area contributed by atoms with Crippen molar-refractivity contribution in [2.75, 3.05) is 6.54 Å². The zero-order valence-electron chi connectivity index (χ0n) is 11.6. The Morgan fingerprint density at radius 1 is 1.45 bits per heavy atom. The Morgan fingerprint density at radius 3 is 2.90 bits per heavy atom. The van der Waals surface area contributed by atoms with Crippen molar-refractivity contribution in [1.82, 2.24) is 10.3 Å². The number of hydrogen-bond donors (Lipinski definition) is 3. The number of aliphatic hydroxyl groups excluding tert-OH is 1. The van der Waals surface area contributed by atoms with E-state index in [1.165, 1.54) is 0 Å². The highest BCUT2D eigenvalue weighted by Gasteiger charge is 2.15. The molecule has 0 aliphatic heterocycles. The Labute approximate surface area is 123 Å². The summed E-state index contributed by atoms with van der Waals surface area (Å²) in [6.07, 6.45) is 0.352. The number of amides is 1. The Balaban J connectivity index is 2.04. The topological polar surface area (TPSA) is 65.1 Å². The molecule has 1 heterocycles. The fourth-order valence-electron chi connectivity index (χ4n) is 1.99. The molecule has 108 valence electrons. The molecule has 1 aromatic heterocycles. The molecule has 0 spiro atoms. The molecular formula is C15H19ClN2O2. The molecular weight excluding hydrogens is 276 g/mol. The maximum absolute atomic E-state index is 12.0. The van der Waals surface area contributed by atoms with Gasteiger partial charge in [0, 0.05) is 22.5 Å². The first-order chi connectivity index (χ1) is 9.51. The zero-order chi connectivity index (χ0) is 14.7. The van der Waals surface area contributed by atoms with Gasteiger partial charge in [0.15, 0.2) is 0 Å². The Hall–Kier alpha value is -1.52. The third-order valence-corrected chi connectivity index (χ3v) is 3.84. The van der Waals surface area contributed by atoms with E-state index in [2.05, 4.69) is 10.3 Å². The number of benzene rings is 1. The van der Waals surface area contributed by atoms with Gasteiger partial charge in [-0.1, -0.05) is 31.9 Å². The van der Waals surface area contributed by atoms with Crippen LogP contribution in [0.1, 0.15) is 30.8 Å². The van der Waals surface area contributed by atoms with E-state index in [0.717, 1.165) is 17.3 Å². The fourth-order valence-corrected chi connectivity index (χ4v) is 2.17. The van der Waals surface area contributed by atoms with E-state index >= 15 is 0 Å². The Kier molecular flexibility index (Phi) is 4.68. The molecule has 1 aromatic carbocycles. The molecule has 20 heavy (non-hydrogen) atoms. The zero-order valence-corrected chi connectivity index (χ0v) is 12.4. The van der Waals surface area contributed by atoms with Crippen molar-refractivity contribution in [1.29, 1.82) is 0 Å². The van der Waals surface area contributed by atoms with Gasteiger partial charge in [0.25, 0.3) is 5.91 Å². The van der Waals surface area contributed by atoms with Gasteiger partial charge in [-0.2, -0.15) is 0 Å². The van der Waals surface area contributed by atoms with E-state index < -0.39 is 6.10 Å². The largest absolute Gasteiger partial charge is 0.391 e. The minimum Gasteiger partial charge on any atom is -0.391 e. The quantitative estimate of drug-likeness (QED) is 0.794. The van der Waals surface area contributed by atoms with Gasteiger partial charge in [0.05, 0.1) is 6.10 Å². The second-order valence-electron chi connectivity index (χ2n) is 5.08. The van der Waals surface area contributed by atoms with E-state index in [1.807, 2.05) is 19.9 Å². The smallest absolute Gasteiger partial charge is 0.267 e. The highest BCUT2D eigenvalue weighted by atomic mass is 35.5. The van der Waals surface area contributed by atoms with Crippen LogP contribution in [0.5, 0.6) is 0 Å². The number of aromatic nitrogens is 1. The minimum absolute atomic E-state index is 0.164. The van der Waals surface area contributed by atoms with Gasteiger partial charge in [-0.15, -0.1) is 0 Å². The summed E-state index contributed by atoms with van der Waals surface area (Å²) in [6.45, 7) is 4.23. The molecule has 0 aliphatic carbocycles. The molecule has 0 saturated heterocycles. The highest BCUT2D eigenvalue weighted by Crippen LogP contribution is 2.20. The molecule has 0 bridgehead atoms. The van der Waals surface area contributed by atoms with Crippen LogP contribution in [0.15, 0.2) is 24.3 Å². The fraction of sp³-hybridized carbons (Fsp3) is 0.400. The molecule has 1 amide bonds. The van der Waals surface area contributed by atoms with E-state index in [0.29, 0.717) is 10.7 Å². The first kappa shape index (κ1) is 14.9. The second-order valence-corrected chi connectivity index (χ2v) is 5.51. The van der Waals surface area contributed by atoms with Crippen molar-refractivity contribution in [3.8, 4) is 0 Å². The standard InChI is InChI=1S/C15H19ClN2O2/c1-3-9(2)14(19)8-17-15(20)13-7-10-6-11(16)4-5-12(10)18-13/h4-7,9,14,18-19H,3,8H2,1-2H3,(H,17,20). The average Bonchev–Trinajstić information content (AvgIpc) is 2.86. The van der Waals surface area contributed by atoms with Crippen LogP contribution < -0.4 is 5.32 Å². The van der Waals surface area contributed by atoms with Crippen molar-refractivity contribution in [3.05, 3.63) is 35.0 Å². The van der Waals surface area contributed by atoms with Gasteiger partial charge in [-0.05, 0) is 30.2 Å². The molecule has 2 atom stereocenters. The van der Waals surface area contributed by atoms with Crippen LogP contribution in [0.4, 0.5) is 0 Å². The minimum atomic E-state index is -0.525. The lowest BCUT2D eigenvalue weighted by Crippen LogP contribution is -2.35. The molecule has 0 radical (unpaired) electrons. The molecule has 3 N–H and O–H groups in total. The number of aromatic amines is 1. The highest BCUT2D eigenvalue weighted by molar-refractivity contribution is 6.31. The summed E-state index contributed by atoms with van der Waals surface area (Å²) in [6, 6.07) is 7.17. The summed E-state index contributed by atoms with van der Waals surface area (Å²) < 4.78 is 0. The molecule has 4 nitrogen and oxygen atoms in total. The monoisotopic (exact) mass is 294 g/mol. The van der Waals surface area contributed by atoms with Gasteiger partial charge in [0.1, 0.15) is 5.69 Å². The summed E-state index contributed by atoms with van der Waals surface area (Å²) in [5, 5.41) is 14.1. The van der Waals surface area contributed by atoms with Crippen molar-refractivity contribution in [3.63, 3.8) is 0 Å². The number of fused-ring (bicyclic) bond motifs is 1. The maximum atomic E-state index is 12.0.